The van der Waals surface area contributed by atoms with Crippen molar-refractivity contribution in [2.45, 2.75) is 47.7 Å². The third-order valence-corrected chi connectivity index (χ3v) is 6.72. The summed E-state index contributed by atoms with van der Waals surface area (Å²) in [6, 6.07) is 13.6. The Labute approximate surface area is 202 Å². The van der Waals surface area contributed by atoms with Crippen molar-refractivity contribution >= 4 is 34.3 Å². The van der Waals surface area contributed by atoms with Gasteiger partial charge in [-0.3, -0.25) is 14.9 Å². The van der Waals surface area contributed by atoms with Crippen molar-refractivity contribution in [3.63, 3.8) is 0 Å². The maximum atomic E-state index is 12.6. The van der Waals surface area contributed by atoms with E-state index in [9.17, 15) is 14.9 Å². The third-order valence-electron chi connectivity index (χ3n) is 5.60. The van der Waals surface area contributed by atoms with Gasteiger partial charge in [-0.05, 0) is 37.1 Å². The van der Waals surface area contributed by atoms with Crippen LogP contribution in [0.1, 0.15) is 24.8 Å². The van der Waals surface area contributed by atoms with E-state index in [-0.39, 0.29) is 17.7 Å². The van der Waals surface area contributed by atoms with Crippen LogP contribution in [0.15, 0.2) is 58.5 Å². The molecule has 0 bridgehead atoms. The van der Waals surface area contributed by atoms with Gasteiger partial charge in [0.1, 0.15) is 6.04 Å². The zero-order chi connectivity index (χ0) is 24.5. The molecule has 1 aromatic heterocycles. The number of H-pyrrole nitrogens is 1. The molecule has 1 unspecified atom stereocenters. The van der Waals surface area contributed by atoms with Crippen LogP contribution >= 0.6 is 11.8 Å². The van der Waals surface area contributed by atoms with Crippen molar-refractivity contribution in [1.82, 2.24) is 10.3 Å². The van der Waals surface area contributed by atoms with E-state index in [1.54, 1.807) is 18.2 Å². The van der Waals surface area contributed by atoms with E-state index in [2.05, 4.69) is 10.3 Å². The van der Waals surface area contributed by atoms with Gasteiger partial charge in [0, 0.05) is 36.0 Å². The maximum Gasteiger partial charge on any atom is 0.323 e. The molecule has 0 amide bonds. The summed E-state index contributed by atoms with van der Waals surface area (Å²) in [5.41, 5.74) is 13.6. The molecule has 0 spiro atoms. The SMILES string of the molecule is COC(=O)[C@H](Cc1c(Sc2ccccc2[N+](=O)[O-])[nH]c2ccccc12)NCC(N)CCCCN. The first-order valence-corrected chi connectivity index (χ1v) is 12.0. The fourth-order valence-corrected chi connectivity index (χ4v) is 4.89. The number of nitro groups is 1. The van der Waals surface area contributed by atoms with Gasteiger partial charge in [0.05, 0.1) is 22.0 Å². The van der Waals surface area contributed by atoms with E-state index in [4.69, 9.17) is 16.2 Å². The number of para-hydroxylation sites is 2. The van der Waals surface area contributed by atoms with Crippen molar-refractivity contribution in [1.29, 1.82) is 0 Å². The van der Waals surface area contributed by atoms with Gasteiger partial charge in [-0.2, -0.15) is 0 Å². The molecule has 0 fully saturated rings. The summed E-state index contributed by atoms with van der Waals surface area (Å²) < 4.78 is 5.05. The number of hydrogen-bond acceptors (Lipinski definition) is 8. The Balaban J connectivity index is 1.88. The highest BCUT2D eigenvalue weighted by Gasteiger charge is 2.25. The van der Waals surface area contributed by atoms with Gasteiger partial charge < -0.3 is 26.5 Å². The van der Waals surface area contributed by atoms with Gasteiger partial charge in [0.2, 0.25) is 0 Å². The normalized spacial score (nSPS) is 13.0. The molecule has 3 aromatic rings. The second-order valence-corrected chi connectivity index (χ2v) is 9.09. The number of esters is 1. The van der Waals surface area contributed by atoms with E-state index in [1.165, 1.54) is 24.9 Å². The largest absolute Gasteiger partial charge is 0.468 e. The first kappa shape index (κ1) is 25.7. The molecule has 34 heavy (non-hydrogen) atoms. The van der Waals surface area contributed by atoms with Crippen LogP contribution in [-0.4, -0.2) is 48.2 Å². The number of nitrogens with two attached hydrogens (primary N) is 2. The summed E-state index contributed by atoms with van der Waals surface area (Å²) in [6.07, 6.45) is 3.00. The summed E-state index contributed by atoms with van der Waals surface area (Å²) >= 11 is 1.28. The molecule has 3 rings (SSSR count). The number of aromatic amines is 1. The molecule has 0 saturated carbocycles. The molecule has 0 saturated heterocycles. The molecule has 1 heterocycles. The summed E-state index contributed by atoms with van der Waals surface area (Å²) in [7, 11) is 1.36. The van der Waals surface area contributed by atoms with E-state index in [0.717, 1.165) is 40.8 Å². The predicted molar refractivity (Wildman–Crippen MR) is 134 cm³/mol. The highest BCUT2D eigenvalue weighted by Crippen LogP contribution is 2.39. The summed E-state index contributed by atoms with van der Waals surface area (Å²) in [4.78, 5) is 27.6. The molecule has 0 aliphatic carbocycles. The molecule has 182 valence electrons. The molecular formula is C24H31N5O4S. The Morgan fingerprint density at radius 2 is 1.94 bits per heavy atom. The van der Waals surface area contributed by atoms with Crippen LogP contribution in [0.3, 0.4) is 0 Å². The average molecular weight is 486 g/mol. The number of rotatable bonds is 13. The van der Waals surface area contributed by atoms with Crippen LogP contribution in [0.5, 0.6) is 0 Å². The number of nitrogens with one attached hydrogen (secondary N) is 2. The van der Waals surface area contributed by atoms with Gasteiger partial charge in [-0.25, -0.2) is 0 Å². The highest BCUT2D eigenvalue weighted by atomic mass is 32.2. The van der Waals surface area contributed by atoms with E-state index >= 15 is 0 Å². The number of hydrogen-bond donors (Lipinski definition) is 4. The lowest BCUT2D eigenvalue weighted by Gasteiger charge is -2.20. The lowest BCUT2D eigenvalue weighted by Crippen LogP contribution is -2.45. The second-order valence-electron chi connectivity index (χ2n) is 8.04. The fraction of sp³-hybridized carbons (Fsp3) is 0.375. The van der Waals surface area contributed by atoms with Crippen LogP contribution < -0.4 is 16.8 Å². The van der Waals surface area contributed by atoms with Gasteiger partial charge >= 0.3 is 5.97 Å². The Kier molecular flexibility index (Phi) is 9.46. The smallest absolute Gasteiger partial charge is 0.323 e. The van der Waals surface area contributed by atoms with Crippen molar-refractivity contribution in [3.8, 4) is 0 Å². The van der Waals surface area contributed by atoms with Crippen molar-refractivity contribution < 1.29 is 14.5 Å². The molecule has 2 aromatic carbocycles. The van der Waals surface area contributed by atoms with Gasteiger partial charge in [0.25, 0.3) is 5.69 Å². The molecule has 10 heteroatoms. The number of nitro benzene ring substituents is 1. The van der Waals surface area contributed by atoms with Crippen LogP contribution in [-0.2, 0) is 16.0 Å². The minimum atomic E-state index is -0.616. The monoisotopic (exact) mass is 485 g/mol. The molecule has 0 aliphatic rings. The molecule has 2 atom stereocenters. The lowest BCUT2D eigenvalue weighted by molar-refractivity contribution is -0.387. The topological polar surface area (TPSA) is 149 Å². The maximum absolute atomic E-state index is 12.6. The number of nitrogens with zero attached hydrogens (tertiary/aromatic N) is 1. The zero-order valence-electron chi connectivity index (χ0n) is 19.2. The predicted octanol–water partition coefficient (Wildman–Crippen LogP) is 3.36. The fourth-order valence-electron chi connectivity index (χ4n) is 3.80. The number of methoxy groups -OCH3 is 1. The quantitative estimate of drug-likeness (QED) is 0.125. The number of ether oxygens (including phenoxy) is 1. The second kappa shape index (κ2) is 12.5. The number of aromatic nitrogens is 1. The van der Waals surface area contributed by atoms with Gasteiger partial charge in [-0.15, -0.1) is 0 Å². The van der Waals surface area contributed by atoms with Crippen molar-refractivity contribution in [3.05, 3.63) is 64.2 Å². The number of carbonyl (C=O) groups excluding carboxylic acids is 1. The Hall–Kier alpha value is -2.92. The minimum Gasteiger partial charge on any atom is -0.468 e. The molecule has 0 aliphatic heterocycles. The lowest BCUT2D eigenvalue weighted by atomic mass is 10.0. The zero-order valence-corrected chi connectivity index (χ0v) is 20.0. The minimum absolute atomic E-state index is 0.0307. The average Bonchev–Trinajstić information content (AvgIpc) is 3.18. The molecule has 9 nitrogen and oxygen atoms in total. The van der Waals surface area contributed by atoms with Crippen LogP contribution in [0.2, 0.25) is 0 Å². The van der Waals surface area contributed by atoms with E-state index < -0.39 is 11.0 Å². The Morgan fingerprint density at radius 1 is 1.21 bits per heavy atom. The number of fused-ring (bicyclic) bond motifs is 1. The van der Waals surface area contributed by atoms with Crippen LogP contribution in [0, 0.1) is 10.1 Å². The third kappa shape index (κ3) is 6.57. The summed E-state index contributed by atoms with van der Waals surface area (Å²) in [5.74, 6) is -0.388. The molecule has 6 N–H and O–H groups in total. The van der Waals surface area contributed by atoms with Crippen molar-refractivity contribution in [2.75, 3.05) is 20.2 Å². The summed E-state index contributed by atoms with van der Waals surface area (Å²) in [5, 5.41) is 16.5. The Bertz CT molecular complexity index is 1120. The van der Waals surface area contributed by atoms with Crippen molar-refractivity contribution in [2.24, 2.45) is 11.5 Å². The van der Waals surface area contributed by atoms with Crippen LogP contribution in [0.4, 0.5) is 5.69 Å². The summed E-state index contributed by atoms with van der Waals surface area (Å²) in [6.45, 7) is 1.09. The number of unbranched alkanes of at least 4 members (excludes halogenated alkanes) is 1. The van der Waals surface area contributed by atoms with E-state index in [1.807, 2.05) is 24.3 Å². The first-order valence-electron chi connectivity index (χ1n) is 11.2. The number of carbonyl (C=O) groups is 1. The van der Waals surface area contributed by atoms with E-state index in [0.29, 0.717) is 24.4 Å². The standard InChI is InChI=1S/C24H31N5O4S/c1-33-24(30)20(27-15-16(26)8-6-7-13-25)14-18-17-9-2-3-10-19(17)28-23(18)34-22-12-5-4-11-21(22)29(31)32/h2-5,9-12,16,20,27-28H,6-8,13-15,25-26H2,1H3/t16?,20-/m0/s1. The van der Waals surface area contributed by atoms with Gasteiger partial charge in [0.15, 0.2) is 0 Å². The first-order chi connectivity index (χ1) is 16.4. The molecular weight excluding hydrogens is 454 g/mol. The van der Waals surface area contributed by atoms with Gasteiger partial charge in [-0.1, -0.05) is 48.5 Å². The number of benzene rings is 2. The molecule has 0 radical (unpaired) electrons. The Morgan fingerprint density at radius 3 is 2.68 bits per heavy atom. The van der Waals surface area contributed by atoms with Crippen LogP contribution in [0.25, 0.3) is 10.9 Å². The highest BCUT2D eigenvalue weighted by molar-refractivity contribution is 7.99.